The molecule has 0 radical (unpaired) electrons. The zero-order valence-corrected chi connectivity index (χ0v) is 15.5. The number of halogens is 1. The van der Waals surface area contributed by atoms with E-state index >= 15 is 0 Å². The first-order valence-corrected chi connectivity index (χ1v) is 8.83. The van der Waals surface area contributed by atoms with Crippen LogP contribution in [-0.4, -0.2) is 33.4 Å². The van der Waals surface area contributed by atoms with Crippen LogP contribution < -0.4 is 11.1 Å². The molecule has 8 heteroatoms. The second-order valence-electron chi connectivity index (χ2n) is 6.04. The maximum Gasteiger partial charge on any atom is 0.287 e. The maximum absolute atomic E-state index is 12.8. The molecular formula is C20H17ClN4O3. The number of rotatable bonds is 7. The first-order chi connectivity index (χ1) is 13.5. The van der Waals surface area contributed by atoms with Crippen LogP contribution in [0.5, 0.6) is 0 Å². The largest absolute Gasteiger partial charge is 0.363 e. The number of Topliss-reactive ketones (excluding diaryl/α,β-unsaturated/α-hetero) is 1. The molecule has 0 aliphatic rings. The number of carbonyl (C=O) groups is 3. The van der Waals surface area contributed by atoms with Crippen LogP contribution in [0.2, 0.25) is 5.15 Å². The third-order valence-corrected chi connectivity index (χ3v) is 4.24. The Morgan fingerprint density at radius 1 is 1.04 bits per heavy atom. The number of aromatic nitrogens is 2. The summed E-state index contributed by atoms with van der Waals surface area (Å²) in [7, 11) is 0. The minimum Gasteiger partial charge on any atom is -0.363 e. The van der Waals surface area contributed by atoms with Crippen molar-refractivity contribution in [1.82, 2.24) is 15.1 Å². The molecule has 1 heterocycles. The molecule has 0 saturated heterocycles. The zero-order chi connectivity index (χ0) is 20.1. The highest BCUT2D eigenvalue weighted by molar-refractivity contribution is 6.38. The summed E-state index contributed by atoms with van der Waals surface area (Å²) in [6.45, 7) is 0. The third kappa shape index (κ3) is 4.44. The van der Waals surface area contributed by atoms with Gasteiger partial charge in [0.25, 0.3) is 11.8 Å². The highest BCUT2D eigenvalue weighted by Gasteiger charge is 2.27. The fourth-order valence-electron chi connectivity index (χ4n) is 2.74. The maximum atomic E-state index is 12.8. The summed E-state index contributed by atoms with van der Waals surface area (Å²) in [4.78, 5) is 36.5. The van der Waals surface area contributed by atoms with Crippen LogP contribution in [0.3, 0.4) is 0 Å². The quantitative estimate of drug-likeness (QED) is 0.595. The number of para-hydroxylation sites is 1. The minimum absolute atomic E-state index is 0.120. The van der Waals surface area contributed by atoms with Crippen LogP contribution in [0.4, 0.5) is 0 Å². The Hall–Kier alpha value is -3.45. The van der Waals surface area contributed by atoms with Gasteiger partial charge in [0.1, 0.15) is 11.7 Å². The molecule has 7 nitrogen and oxygen atoms in total. The molecule has 1 aromatic heterocycles. The summed E-state index contributed by atoms with van der Waals surface area (Å²) >= 11 is 5.99. The average Bonchev–Trinajstić information content (AvgIpc) is 3.10. The van der Waals surface area contributed by atoms with Gasteiger partial charge >= 0.3 is 0 Å². The first kappa shape index (κ1) is 19.3. The van der Waals surface area contributed by atoms with Crippen LogP contribution in [0.25, 0.3) is 5.69 Å². The Morgan fingerprint density at radius 3 is 2.25 bits per heavy atom. The standard InChI is InChI=1S/C20H17ClN4O3/c21-17-12-16(25(24-17)14-9-5-2-6-10-14)20(28)23-15(18(26)19(22)27)11-13-7-3-1-4-8-13/h1-10,12,15H,11H2,(H2,22,27)(H,23,28)/t15-/m0/s1. The van der Waals surface area contributed by atoms with E-state index in [0.717, 1.165) is 5.56 Å². The van der Waals surface area contributed by atoms with Crippen molar-refractivity contribution in [2.75, 3.05) is 0 Å². The van der Waals surface area contributed by atoms with Crippen LogP contribution in [0, 0.1) is 0 Å². The molecule has 142 valence electrons. The second-order valence-corrected chi connectivity index (χ2v) is 6.43. The highest BCUT2D eigenvalue weighted by atomic mass is 35.5. The molecule has 1 atom stereocenters. The Balaban J connectivity index is 1.88. The van der Waals surface area contributed by atoms with E-state index in [-0.39, 0.29) is 17.3 Å². The van der Waals surface area contributed by atoms with Gasteiger partial charge in [-0.05, 0) is 17.7 Å². The number of ketones is 1. The van der Waals surface area contributed by atoms with Crippen molar-refractivity contribution in [3.05, 3.63) is 83.1 Å². The number of nitrogens with two attached hydrogens (primary N) is 1. The van der Waals surface area contributed by atoms with Crippen molar-refractivity contribution in [1.29, 1.82) is 0 Å². The molecule has 2 aromatic carbocycles. The Bertz CT molecular complexity index is 1000. The first-order valence-electron chi connectivity index (χ1n) is 8.45. The average molecular weight is 397 g/mol. The van der Waals surface area contributed by atoms with Gasteiger partial charge in [-0.1, -0.05) is 60.1 Å². The van der Waals surface area contributed by atoms with E-state index in [1.165, 1.54) is 10.7 Å². The van der Waals surface area contributed by atoms with Gasteiger partial charge in [0, 0.05) is 12.5 Å². The molecule has 0 aliphatic heterocycles. The summed E-state index contributed by atoms with van der Waals surface area (Å²) in [5, 5.41) is 6.82. The predicted octanol–water partition coefficient (Wildman–Crippen LogP) is 1.92. The van der Waals surface area contributed by atoms with Crippen LogP contribution in [0.1, 0.15) is 16.1 Å². The number of hydrogen-bond donors (Lipinski definition) is 2. The van der Waals surface area contributed by atoms with Crippen LogP contribution >= 0.6 is 11.6 Å². The summed E-state index contributed by atoms with van der Waals surface area (Å²) in [5.74, 6) is -2.59. The Labute approximate surface area is 166 Å². The fraction of sp³-hybridized carbons (Fsp3) is 0.100. The molecule has 0 saturated carbocycles. The summed E-state index contributed by atoms with van der Waals surface area (Å²) < 4.78 is 1.37. The van der Waals surface area contributed by atoms with Gasteiger partial charge < -0.3 is 11.1 Å². The van der Waals surface area contributed by atoms with Gasteiger partial charge in [-0.15, -0.1) is 0 Å². The molecule has 0 fully saturated rings. The van der Waals surface area contributed by atoms with E-state index in [9.17, 15) is 14.4 Å². The lowest BCUT2D eigenvalue weighted by Crippen LogP contribution is -2.47. The van der Waals surface area contributed by atoms with Crippen molar-refractivity contribution in [2.24, 2.45) is 5.73 Å². The summed E-state index contributed by atoms with van der Waals surface area (Å²) in [6, 6.07) is 18.2. The van der Waals surface area contributed by atoms with Gasteiger partial charge in [-0.25, -0.2) is 4.68 Å². The highest BCUT2D eigenvalue weighted by Crippen LogP contribution is 2.16. The molecule has 3 aromatic rings. The molecule has 0 bridgehead atoms. The summed E-state index contributed by atoms with van der Waals surface area (Å²) in [6.07, 6.45) is 0.127. The molecule has 3 N–H and O–H groups in total. The van der Waals surface area contributed by atoms with E-state index in [2.05, 4.69) is 10.4 Å². The van der Waals surface area contributed by atoms with Crippen molar-refractivity contribution >= 4 is 29.2 Å². The lowest BCUT2D eigenvalue weighted by molar-refractivity contribution is -0.137. The second kappa shape index (κ2) is 8.49. The van der Waals surface area contributed by atoms with E-state index in [4.69, 9.17) is 17.3 Å². The number of hydrogen-bond acceptors (Lipinski definition) is 4. The van der Waals surface area contributed by atoms with Crippen LogP contribution in [0.15, 0.2) is 66.7 Å². The van der Waals surface area contributed by atoms with Crippen molar-refractivity contribution in [2.45, 2.75) is 12.5 Å². The summed E-state index contributed by atoms with van der Waals surface area (Å²) in [5.41, 5.74) is 6.68. The number of benzene rings is 2. The molecule has 2 amide bonds. The van der Waals surface area contributed by atoms with E-state index in [1.54, 1.807) is 48.5 Å². The molecule has 3 rings (SSSR count). The van der Waals surface area contributed by atoms with Gasteiger partial charge in [0.2, 0.25) is 5.78 Å². The van der Waals surface area contributed by atoms with Gasteiger partial charge in [-0.2, -0.15) is 5.10 Å². The molecular weight excluding hydrogens is 380 g/mol. The number of amides is 2. The number of nitrogens with one attached hydrogen (secondary N) is 1. The van der Waals surface area contributed by atoms with E-state index < -0.39 is 23.6 Å². The molecule has 0 spiro atoms. The van der Waals surface area contributed by atoms with Gasteiger partial charge in [0.15, 0.2) is 5.15 Å². The van der Waals surface area contributed by atoms with E-state index in [1.807, 2.05) is 12.1 Å². The van der Waals surface area contributed by atoms with E-state index in [0.29, 0.717) is 5.69 Å². The number of nitrogens with zero attached hydrogens (tertiary/aromatic N) is 2. The van der Waals surface area contributed by atoms with Gasteiger partial charge in [0.05, 0.1) is 5.69 Å². The zero-order valence-electron chi connectivity index (χ0n) is 14.7. The van der Waals surface area contributed by atoms with Gasteiger partial charge in [-0.3, -0.25) is 14.4 Å². The molecule has 0 aliphatic carbocycles. The SMILES string of the molecule is NC(=O)C(=O)[C@H](Cc1ccccc1)NC(=O)c1cc(Cl)nn1-c1ccccc1. The van der Waals surface area contributed by atoms with Crippen molar-refractivity contribution in [3.8, 4) is 5.69 Å². The monoisotopic (exact) mass is 396 g/mol. The lowest BCUT2D eigenvalue weighted by Gasteiger charge is -2.17. The van der Waals surface area contributed by atoms with Crippen molar-refractivity contribution < 1.29 is 14.4 Å². The minimum atomic E-state index is -1.11. The third-order valence-electron chi connectivity index (χ3n) is 4.06. The van der Waals surface area contributed by atoms with Crippen molar-refractivity contribution in [3.63, 3.8) is 0 Å². The fourth-order valence-corrected chi connectivity index (χ4v) is 2.92. The molecule has 0 unspecified atom stereocenters. The Morgan fingerprint density at radius 2 is 1.64 bits per heavy atom. The Kier molecular flexibility index (Phi) is 5.86. The van der Waals surface area contributed by atoms with Crippen LogP contribution in [-0.2, 0) is 16.0 Å². The topological polar surface area (TPSA) is 107 Å². The smallest absolute Gasteiger partial charge is 0.287 e. The normalized spacial score (nSPS) is 11.6. The number of carbonyl (C=O) groups excluding carboxylic acids is 3. The number of primary amides is 1. The predicted molar refractivity (Wildman–Crippen MR) is 104 cm³/mol. The molecule has 28 heavy (non-hydrogen) atoms. The lowest BCUT2D eigenvalue weighted by atomic mass is 10.0.